The second-order valence-corrected chi connectivity index (χ2v) is 8.46. The monoisotopic (exact) mass is 564 g/mol. The predicted octanol–water partition coefficient (Wildman–Crippen LogP) is 3.26. The Bertz CT molecular complexity index is 851. The van der Waals surface area contributed by atoms with Crippen molar-refractivity contribution in [3.63, 3.8) is 0 Å². The zero-order chi connectivity index (χ0) is 22.0. The predicted molar refractivity (Wildman–Crippen MR) is 145 cm³/mol. The number of hydrogen-bond donors (Lipinski definition) is 2. The van der Waals surface area contributed by atoms with Gasteiger partial charge in [0.2, 0.25) is 0 Å². The third kappa shape index (κ3) is 7.82. The van der Waals surface area contributed by atoms with E-state index >= 15 is 0 Å². The van der Waals surface area contributed by atoms with Crippen molar-refractivity contribution in [2.24, 2.45) is 4.99 Å². The van der Waals surface area contributed by atoms with E-state index in [0.29, 0.717) is 12.6 Å². The van der Waals surface area contributed by atoms with Crippen molar-refractivity contribution in [1.82, 2.24) is 20.5 Å². The van der Waals surface area contributed by atoms with E-state index in [-0.39, 0.29) is 24.0 Å². The molecule has 4 rings (SSSR count). The molecule has 0 spiro atoms. The number of anilines is 1. The number of piperidine rings is 1. The number of guanidine groups is 1. The lowest BCUT2D eigenvalue weighted by Crippen LogP contribution is -2.48. The summed E-state index contributed by atoms with van der Waals surface area (Å²) in [5.74, 6) is 1.93. The molecule has 7 nitrogen and oxygen atoms in total. The minimum atomic E-state index is 0. The fourth-order valence-corrected chi connectivity index (χ4v) is 4.37. The fourth-order valence-electron chi connectivity index (χ4n) is 4.37. The van der Waals surface area contributed by atoms with Crippen LogP contribution in [0.1, 0.15) is 30.9 Å². The first kappa shape index (κ1) is 25.7. The molecule has 0 unspecified atom stereocenters. The van der Waals surface area contributed by atoms with E-state index in [1.165, 1.54) is 5.56 Å². The first-order valence-corrected chi connectivity index (χ1v) is 11.9. The van der Waals surface area contributed by atoms with E-state index in [1.807, 2.05) is 12.3 Å². The van der Waals surface area contributed by atoms with Gasteiger partial charge >= 0.3 is 0 Å². The number of aliphatic imine (C=N–C) groups is 1. The minimum Gasteiger partial charge on any atom is -0.378 e. The zero-order valence-electron chi connectivity index (χ0n) is 19.6. The van der Waals surface area contributed by atoms with Gasteiger partial charge in [-0.2, -0.15) is 0 Å². The summed E-state index contributed by atoms with van der Waals surface area (Å²) >= 11 is 0. The van der Waals surface area contributed by atoms with Gasteiger partial charge in [-0.3, -0.25) is 4.90 Å². The topological polar surface area (TPSA) is 65.0 Å². The lowest BCUT2D eigenvalue weighted by Gasteiger charge is -2.33. The van der Waals surface area contributed by atoms with Crippen molar-refractivity contribution in [2.45, 2.75) is 38.9 Å². The summed E-state index contributed by atoms with van der Waals surface area (Å²) in [6, 6.07) is 15.3. The molecule has 2 fully saturated rings. The first-order valence-electron chi connectivity index (χ1n) is 11.9. The van der Waals surface area contributed by atoms with Gasteiger partial charge in [0.25, 0.3) is 0 Å². The molecule has 1 aromatic heterocycles. The van der Waals surface area contributed by atoms with Crippen molar-refractivity contribution < 1.29 is 4.74 Å². The lowest BCUT2D eigenvalue weighted by atomic mass is 10.0. The molecule has 0 aliphatic carbocycles. The molecule has 180 valence electrons. The maximum absolute atomic E-state index is 5.50. The number of aromatic nitrogens is 1. The van der Waals surface area contributed by atoms with Crippen LogP contribution in [0.25, 0.3) is 0 Å². The molecule has 33 heavy (non-hydrogen) atoms. The van der Waals surface area contributed by atoms with E-state index in [0.717, 1.165) is 82.7 Å². The third-order valence-corrected chi connectivity index (χ3v) is 6.11. The van der Waals surface area contributed by atoms with Crippen LogP contribution in [-0.2, 0) is 17.8 Å². The highest BCUT2D eigenvalue weighted by Crippen LogP contribution is 2.19. The molecule has 2 N–H and O–H groups in total. The number of pyridine rings is 1. The van der Waals surface area contributed by atoms with Crippen molar-refractivity contribution in [3.8, 4) is 0 Å². The van der Waals surface area contributed by atoms with E-state index in [4.69, 9.17) is 9.73 Å². The summed E-state index contributed by atoms with van der Waals surface area (Å²) in [4.78, 5) is 14.4. The van der Waals surface area contributed by atoms with E-state index in [1.54, 1.807) is 0 Å². The molecule has 0 amide bonds. The smallest absolute Gasteiger partial charge is 0.191 e. The SMILES string of the molecule is CCNC(=NCc1cccnc1N1CCOCC1)NC1CCN(Cc2ccccc2)CC1.I. The highest BCUT2D eigenvalue weighted by molar-refractivity contribution is 14.0. The number of morpholine rings is 1. The summed E-state index contributed by atoms with van der Waals surface area (Å²) < 4.78 is 5.50. The number of ether oxygens (including phenoxy) is 1. The summed E-state index contributed by atoms with van der Waals surface area (Å²) in [7, 11) is 0. The molecule has 1 aromatic carbocycles. The molecular weight excluding hydrogens is 527 g/mol. The second kappa shape index (κ2) is 13.7. The molecule has 2 aromatic rings. The molecule has 0 saturated carbocycles. The van der Waals surface area contributed by atoms with Crippen LogP contribution in [0.15, 0.2) is 53.7 Å². The molecule has 0 atom stereocenters. The Morgan fingerprint density at radius 3 is 2.55 bits per heavy atom. The maximum Gasteiger partial charge on any atom is 0.191 e. The van der Waals surface area contributed by atoms with E-state index < -0.39 is 0 Å². The molecule has 0 bridgehead atoms. The van der Waals surface area contributed by atoms with Crippen molar-refractivity contribution >= 4 is 35.8 Å². The highest BCUT2D eigenvalue weighted by atomic mass is 127. The van der Waals surface area contributed by atoms with Gasteiger partial charge in [0.05, 0.1) is 19.8 Å². The van der Waals surface area contributed by atoms with Crippen molar-refractivity contribution in [3.05, 3.63) is 59.8 Å². The van der Waals surface area contributed by atoms with Crippen molar-refractivity contribution in [2.75, 3.05) is 50.8 Å². The van der Waals surface area contributed by atoms with Crippen LogP contribution in [0.5, 0.6) is 0 Å². The van der Waals surface area contributed by atoms with Gasteiger partial charge in [-0.1, -0.05) is 36.4 Å². The Morgan fingerprint density at radius 2 is 1.82 bits per heavy atom. The summed E-state index contributed by atoms with van der Waals surface area (Å²) in [5, 5.41) is 7.09. The number of likely N-dealkylation sites (tertiary alicyclic amines) is 1. The van der Waals surface area contributed by atoms with Gasteiger partial charge in [-0.25, -0.2) is 9.98 Å². The average molecular weight is 565 g/mol. The molecular formula is C25H37IN6O. The molecule has 2 aliphatic heterocycles. The molecule has 0 radical (unpaired) electrons. The quantitative estimate of drug-likeness (QED) is 0.306. The first-order chi connectivity index (χ1) is 15.8. The molecule has 2 saturated heterocycles. The van der Waals surface area contributed by atoms with Gasteiger partial charge in [0.15, 0.2) is 5.96 Å². The van der Waals surface area contributed by atoms with Crippen LogP contribution >= 0.6 is 24.0 Å². The van der Waals surface area contributed by atoms with Crippen LogP contribution in [0, 0.1) is 0 Å². The maximum atomic E-state index is 5.50. The summed E-state index contributed by atoms with van der Waals surface area (Å²) in [6.45, 7) is 10.1. The standard InChI is InChI=1S/C25H36N6O.HI/c1-2-26-25(28-19-22-9-6-12-27-24(22)31-15-17-32-18-16-31)29-23-10-13-30(14-11-23)20-21-7-4-3-5-8-21;/h3-9,12,23H,2,10-11,13-20H2,1H3,(H2,26,28,29);1H. The third-order valence-electron chi connectivity index (χ3n) is 6.11. The average Bonchev–Trinajstić information content (AvgIpc) is 2.85. The fraction of sp³-hybridized carbons (Fsp3) is 0.520. The number of nitrogens with zero attached hydrogens (tertiary/aromatic N) is 4. The lowest BCUT2D eigenvalue weighted by molar-refractivity contribution is 0.122. The van der Waals surface area contributed by atoms with Gasteiger partial charge < -0.3 is 20.3 Å². The Labute approximate surface area is 215 Å². The van der Waals surface area contributed by atoms with Crippen LogP contribution in [0.4, 0.5) is 5.82 Å². The van der Waals surface area contributed by atoms with Crippen LogP contribution in [0.3, 0.4) is 0 Å². The molecule has 3 heterocycles. The Balaban J connectivity index is 0.00000306. The number of benzene rings is 1. The van der Waals surface area contributed by atoms with Gasteiger partial charge in [-0.05, 0) is 31.4 Å². The Hall–Kier alpha value is -1.91. The Kier molecular flexibility index (Phi) is 10.7. The second-order valence-electron chi connectivity index (χ2n) is 8.46. The number of hydrogen-bond acceptors (Lipinski definition) is 5. The molecule has 8 heteroatoms. The highest BCUT2D eigenvalue weighted by Gasteiger charge is 2.20. The van der Waals surface area contributed by atoms with Crippen LogP contribution in [0.2, 0.25) is 0 Å². The summed E-state index contributed by atoms with van der Waals surface area (Å²) in [6.07, 6.45) is 4.12. The normalized spacial score (nSPS) is 18.0. The van der Waals surface area contributed by atoms with Crippen LogP contribution < -0.4 is 15.5 Å². The van der Waals surface area contributed by atoms with Crippen LogP contribution in [-0.4, -0.2) is 67.8 Å². The van der Waals surface area contributed by atoms with Gasteiger partial charge in [0.1, 0.15) is 5.82 Å². The number of rotatable bonds is 7. The Morgan fingerprint density at radius 1 is 1.06 bits per heavy atom. The largest absolute Gasteiger partial charge is 0.378 e. The minimum absolute atomic E-state index is 0. The summed E-state index contributed by atoms with van der Waals surface area (Å²) in [5.41, 5.74) is 2.55. The van der Waals surface area contributed by atoms with Gasteiger partial charge in [0, 0.05) is 57.1 Å². The number of halogens is 1. The van der Waals surface area contributed by atoms with Gasteiger partial charge in [-0.15, -0.1) is 24.0 Å². The van der Waals surface area contributed by atoms with E-state index in [2.05, 4.69) is 68.7 Å². The zero-order valence-corrected chi connectivity index (χ0v) is 21.9. The molecule has 2 aliphatic rings. The number of nitrogens with one attached hydrogen (secondary N) is 2. The van der Waals surface area contributed by atoms with Crippen molar-refractivity contribution in [1.29, 1.82) is 0 Å². The van der Waals surface area contributed by atoms with E-state index in [9.17, 15) is 0 Å².